The van der Waals surface area contributed by atoms with Crippen molar-refractivity contribution in [3.05, 3.63) is 63.0 Å². The van der Waals surface area contributed by atoms with Crippen LogP contribution in [-0.2, 0) is 4.74 Å². The molecular formula is C18H15ClN2O3. The first-order chi connectivity index (χ1) is 11.5. The number of hydrogen-bond donors (Lipinski definition) is 1. The van der Waals surface area contributed by atoms with E-state index in [1.165, 1.54) is 12.3 Å². The summed E-state index contributed by atoms with van der Waals surface area (Å²) in [5, 5.41) is 0.484. The fraction of sp³-hybridized carbons (Fsp3) is 0.167. The van der Waals surface area contributed by atoms with E-state index < -0.39 is 5.97 Å². The molecule has 0 aliphatic rings. The van der Waals surface area contributed by atoms with Gasteiger partial charge < -0.3 is 9.72 Å². The zero-order valence-electron chi connectivity index (χ0n) is 13.2. The fourth-order valence-electron chi connectivity index (χ4n) is 2.56. The molecule has 0 aliphatic heterocycles. The van der Waals surface area contributed by atoms with Gasteiger partial charge in [0.15, 0.2) is 0 Å². The predicted molar refractivity (Wildman–Crippen MR) is 93.5 cm³/mol. The molecular weight excluding hydrogens is 328 g/mol. The quantitative estimate of drug-likeness (QED) is 0.736. The smallest absolute Gasteiger partial charge is 0.340 e. The Morgan fingerprint density at radius 2 is 2.08 bits per heavy atom. The number of rotatable bonds is 3. The van der Waals surface area contributed by atoms with Crippen molar-refractivity contribution in [1.82, 2.24) is 9.97 Å². The van der Waals surface area contributed by atoms with Crippen LogP contribution in [0.1, 0.15) is 22.8 Å². The number of fused-ring (bicyclic) bond motifs is 1. The van der Waals surface area contributed by atoms with E-state index in [1.54, 1.807) is 19.1 Å². The molecule has 0 saturated carbocycles. The number of aryl methyl sites for hydroxylation is 1. The van der Waals surface area contributed by atoms with Crippen molar-refractivity contribution >= 4 is 28.6 Å². The topological polar surface area (TPSA) is 72.0 Å². The van der Waals surface area contributed by atoms with Gasteiger partial charge in [0.2, 0.25) is 5.56 Å². The van der Waals surface area contributed by atoms with Crippen LogP contribution in [0.25, 0.3) is 22.2 Å². The highest BCUT2D eigenvalue weighted by Gasteiger charge is 2.20. The molecule has 2 aromatic heterocycles. The van der Waals surface area contributed by atoms with E-state index in [0.29, 0.717) is 27.2 Å². The Hall–Kier alpha value is -2.66. The summed E-state index contributed by atoms with van der Waals surface area (Å²) in [5.74, 6) is -0.511. The Morgan fingerprint density at radius 3 is 2.79 bits per heavy atom. The van der Waals surface area contributed by atoms with Gasteiger partial charge in [0.1, 0.15) is 0 Å². The van der Waals surface area contributed by atoms with Gasteiger partial charge in [-0.2, -0.15) is 0 Å². The molecule has 3 rings (SSSR count). The first-order valence-corrected chi connectivity index (χ1v) is 7.84. The summed E-state index contributed by atoms with van der Waals surface area (Å²) in [6.45, 7) is 3.89. The van der Waals surface area contributed by atoms with E-state index in [2.05, 4.69) is 9.97 Å². The molecule has 0 radical (unpaired) electrons. The second kappa shape index (κ2) is 6.45. The Balaban J connectivity index is 2.40. The highest BCUT2D eigenvalue weighted by molar-refractivity contribution is 6.34. The average molecular weight is 343 g/mol. The largest absolute Gasteiger partial charge is 0.462 e. The van der Waals surface area contributed by atoms with Gasteiger partial charge in [-0.25, -0.2) is 4.79 Å². The summed E-state index contributed by atoms with van der Waals surface area (Å²) >= 11 is 6.39. The van der Waals surface area contributed by atoms with Gasteiger partial charge >= 0.3 is 5.97 Å². The highest BCUT2D eigenvalue weighted by atomic mass is 35.5. The molecule has 0 bridgehead atoms. The van der Waals surface area contributed by atoms with Crippen molar-refractivity contribution in [3.63, 3.8) is 0 Å². The molecule has 0 amide bonds. The van der Waals surface area contributed by atoms with Crippen molar-refractivity contribution in [3.8, 4) is 11.1 Å². The molecule has 0 spiro atoms. The third kappa shape index (κ3) is 2.90. The van der Waals surface area contributed by atoms with Crippen LogP contribution in [-0.4, -0.2) is 22.5 Å². The molecule has 0 aliphatic carbocycles. The van der Waals surface area contributed by atoms with Crippen molar-refractivity contribution in [1.29, 1.82) is 0 Å². The van der Waals surface area contributed by atoms with Gasteiger partial charge in [-0.3, -0.25) is 9.78 Å². The predicted octanol–water partition coefficient (Wildman–Crippen LogP) is 3.73. The number of nitrogens with zero attached hydrogens (tertiary/aromatic N) is 1. The number of hydrogen-bond acceptors (Lipinski definition) is 4. The molecule has 0 fully saturated rings. The minimum absolute atomic E-state index is 0.239. The monoisotopic (exact) mass is 342 g/mol. The Kier molecular flexibility index (Phi) is 4.36. The number of ether oxygens (including phenoxy) is 1. The van der Waals surface area contributed by atoms with Gasteiger partial charge in [-0.15, -0.1) is 0 Å². The Labute approximate surface area is 143 Å². The number of halogens is 1. The molecule has 5 nitrogen and oxygen atoms in total. The zero-order valence-corrected chi connectivity index (χ0v) is 14.0. The number of esters is 1. The number of H-pyrrole nitrogens is 1. The summed E-state index contributed by atoms with van der Waals surface area (Å²) in [7, 11) is 0. The molecule has 1 aromatic carbocycles. The summed E-state index contributed by atoms with van der Waals surface area (Å²) in [6.07, 6.45) is 1.45. The molecule has 0 saturated heterocycles. The van der Waals surface area contributed by atoms with E-state index >= 15 is 0 Å². The number of pyridine rings is 2. The lowest BCUT2D eigenvalue weighted by molar-refractivity contribution is 0.0527. The molecule has 0 unspecified atom stereocenters. The summed E-state index contributed by atoms with van der Waals surface area (Å²) in [4.78, 5) is 31.1. The molecule has 1 N–H and O–H groups in total. The van der Waals surface area contributed by atoms with Crippen LogP contribution in [0.2, 0.25) is 5.02 Å². The maximum atomic E-state index is 12.3. The van der Waals surface area contributed by atoms with Crippen LogP contribution in [0.3, 0.4) is 0 Å². The minimum Gasteiger partial charge on any atom is -0.462 e. The summed E-state index contributed by atoms with van der Waals surface area (Å²) < 4.78 is 5.12. The Bertz CT molecular complexity index is 995. The number of carbonyl (C=O) groups excluding carboxylic acids is 1. The van der Waals surface area contributed by atoms with Crippen LogP contribution in [0.4, 0.5) is 0 Å². The van der Waals surface area contributed by atoms with Crippen LogP contribution in [0, 0.1) is 6.92 Å². The third-order valence-electron chi connectivity index (χ3n) is 3.64. The van der Waals surface area contributed by atoms with E-state index in [1.807, 2.05) is 19.1 Å². The van der Waals surface area contributed by atoms with Gasteiger partial charge in [-0.05, 0) is 31.5 Å². The van der Waals surface area contributed by atoms with Gasteiger partial charge in [-0.1, -0.05) is 23.7 Å². The molecule has 2 heterocycles. The SMILES string of the molecule is CCOC(=O)c1cnc2ccc(=O)[nH]c2c1-c1ccc(C)cc1Cl. The maximum Gasteiger partial charge on any atom is 0.340 e. The normalized spacial score (nSPS) is 10.8. The van der Waals surface area contributed by atoms with Crippen LogP contribution in [0.15, 0.2) is 41.3 Å². The Morgan fingerprint density at radius 1 is 1.29 bits per heavy atom. The second-order valence-electron chi connectivity index (χ2n) is 5.33. The van der Waals surface area contributed by atoms with Crippen molar-refractivity contribution in [2.45, 2.75) is 13.8 Å². The first-order valence-electron chi connectivity index (χ1n) is 7.47. The van der Waals surface area contributed by atoms with Crippen molar-refractivity contribution < 1.29 is 9.53 Å². The number of aromatic amines is 1. The number of aromatic nitrogens is 2. The fourth-order valence-corrected chi connectivity index (χ4v) is 2.89. The van der Waals surface area contributed by atoms with Gasteiger partial charge in [0.05, 0.1) is 23.2 Å². The average Bonchev–Trinajstić information content (AvgIpc) is 2.54. The van der Waals surface area contributed by atoms with E-state index in [-0.39, 0.29) is 17.7 Å². The molecule has 24 heavy (non-hydrogen) atoms. The summed E-state index contributed by atoms with van der Waals surface area (Å²) in [5.41, 5.74) is 3.15. The lowest BCUT2D eigenvalue weighted by atomic mass is 9.98. The molecule has 122 valence electrons. The van der Waals surface area contributed by atoms with Crippen LogP contribution < -0.4 is 5.56 Å². The van der Waals surface area contributed by atoms with Gasteiger partial charge in [0, 0.05) is 28.4 Å². The maximum absolute atomic E-state index is 12.3. The van der Waals surface area contributed by atoms with Crippen LogP contribution in [0.5, 0.6) is 0 Å². The van der Waals surface area contributed by atoms with Crippen LogP contribution >= 0.6 is 11.6 Å². The van der Waals surface area contributed by atoms with E-state index in [0.717, 1.165) is 5.56 Å². The number of carbonyl (C=O) groups is 1. The number of benzene rings is 1. The van der Waals surface area contributed by atoms with Crippen molar-refractivity contribution in [2.75, 3.05) is 6.61 Å². The van der Waals surface area contributed by atoms with E-state index in [4.69, 9.17) is 16.3 Å². The summed E-state index contributed by atoms with van der Waals surface area (Å²) in [6, 6.07) is 8.51. The molecule has 6 heteroatoms. The van der Waals surface area contributed by atoms with Gasteiger partial charge in [0.25, 0.3) is 0 Å². The minimum atomic E-state index is -0.511. The molecule has 3 aromatic rings. The van der Waals surface area contributed by atoms with Crippen molar-refractivity contribution in [2.24, 2.45) is 0 Å². The lowest BCUT2D eigenvalue weighted by Gasteiger charge is -2.13. The zero-order chi connectivity index (χ0) is 17.3. The second-order valence-corrected chi connectivity index (χ2v) is 5.74. The lowest BCUT2D eigenvalue weighted by Crippen LogP contribution is -2.11. The highest BCUT2D eigenvalue weighted by Crippen LogP contribution is 2.35. The third-order valence-corrected chi connectivity index (χ3v) is 3.95. The number of nitrogens with one attached hydrogen (secondary N) is 1. The molecule has 0 atom stereocenters. The standard InChI is InChI=1S/C18H15ClN2O3/c1-3-24-18(23)12-9-20-14-6-7-15(22)21-17(14)16(12)11-5-4-10(2)8-13(11)19/h4-9H,3H2,1-2H3,(H,21,22). The first kappa shape index (κ1) is 16.2. The van der Waals surface area contributed by atoms with E-state index in [9.17, 15) is 9.59 Å².